The number of anilines is 1. The monoisotopic (exact) mass is 215 g/mol. The van der Waals surface area contributed by atoms with E-state index in [-0.39, 0.29) is 0 Å². The predicted octanol–water partition coefficient (Wildman–Crippen LogP) is 0.715. The first-order valence-electron chi connectivity index (χ1n) is 4.21. The van der Waals surface area contributed by atoms with Gasteiger partial charge in [0.15, 0.2) is 10.7 Å². The van der Waals surface area contributed by atoms with Gasteiger partial charge in [-0.2, -0.15) is 0 Å². The Morgan fingerprint density at radius 2 is 1.93 bits per heavy atom. The molecule has 0 aliphatic carbocycles. The van der Waals surface area contributed by atoms with Crippen molar-refractivity contribution < 1.29 is 13.2 Å². The second-order valence-electron chi connectivity index (χ2n) is 2.72. The van der Waals surface area contributed by atoms with Crippen LogP contribution in [0.4, 0.5) is 5.69 Å². The third kappa shape index (κ3) is 3.35. The van der Waals surface area contributed by atoms with Gasteiger partial charge in [0, 0.05) is 19.3 Å². The summed E-state index contributed by atoms with van der Waals surface area (Å²) in [6, 6.07) is 6.61. The van der Waals surface area contributed by atoms with E-state index in [1.807, 2.05) is 0 Å². The zero-order valence-corrected chi connectivity index (χ0v) is 8.79. The van der Waals surface area contributed by atoms with Crippen molar-refractivity contribution in [2.75, 3.05) is 25.6 Å². The summed E-state index contributed by atoms with van der Waals surface area (Å²) in [6.45, 7) is 1.33. The molecule has 1 rings (SSSR count). The maximum atomic E-state index is 10.6. The Kier molecular flexibility index (Phi) is 4.42. The van der Waals surface area contributed by atoms with Crippen molar-refractivity contribution in [3.05, 3.63) is 24.3 Å². The van der Waals surface area contributed by atoms with Crippen LogP contribution in [0.3, 0.4) is 0 Å². The molecule has 1 aromatic rings. The van der Waals surface area contributed by atoms with Crippen LogP contribution < -0.4 is 5.32 Å². The van der Waals surface area contributed by atoms with Gasteiger partial charge >= 0.3 is 0 Å². The maximum absolute atomic E-state index is 10.6. The van der Waals surface area contributed by atoms with Gasteiger partial charge in [-0.1, -0.05) is 0 Å². The second-order valence-corrected chi connectivity index (χ2v) is 3.75. The zero-order chi connectivity index (χ0) is 10.4. The Bertz CT molecular complexity index is 338. The highest BCUT2D eigenvalue weighted by Gasteiger charge is 1.94. The van der Waals surface area contributed by atoms with Gasteiger partial charge in [-0.3, -0.25) is 0 Å². The Morgan fingerprint density at radius 3 is 2.43 bits per heavy atom. The summed E-state index contributed by atoms with van der Waals surface area (Å²) < 4.78 is 26.0. The van der Waals surface area contributed by atoms with Crippen LogP contribution in [0.2, 0.25) is 0 Å². The Labute approximate surface area is 84.8 Å². The first kappa shape index (κ1) is 11.0. The Balaban J connectivity index is 2.55. The van der Waals surface area contributed by atoms with Crippen molar-refractivity contribution in [1.82, 2.24) is 0 Å². The highest BCUT2D eigenvalue weighted by atomic mass is 32.2. The molecule has 0 aliphatic heterocycles. The van der Waals surface area contributed by atoms with Gasteiger partial charge in [-0.15, -0.1) is 0 Å². The third-order valence-electron chi connectivity index (χ3n) is 1.71. The number of thiol groups is 1. The fourth-order valence-corrected chi connectivity index (χ4v) is 1.39. The number of nitrogens with one attached hydrogen (secondary N) is 1. The molecule has 1 N–H and O–H groups in total. The van der Waals surface area contributed by atoms with Crippen molar-refractivity contribution in [2.24, 2.45) is 0 Å². The van der Waals surface area contributed by atoms with E-state index in [2.05, 4.69) is 5.32 Å². The van der Waals surface area contributed by atoms with E-state index in [0.29, 0.717) is 18.0 Å². The molecule has 14 heavy (non-hydrogen) atoms. The standard InChI is InChI=1S/C9H13NO3S/c1-13-7-6-10-8-2-4-9(5-3-8)14(11)12/h2-5,10,14H,6-7H2,1H3. The molecule has 0 aliphatic rings. The van der Waals surface area contributed by atoms with Gasteiger partial charge < -0.3 is 10.1 Å². The number of hydrogen-bond acceptors (Lipinski definition) is 4. The molecule has 4 nitrogen and oxygen atoms in total. The van der Waals surface area contributed by atoms with Crippen LogP contribution >= 0.6 is 0 Å². The molecule has 5 heteroatoms. The fraction of sp³-hybridized carbons (Fsp3) is 0.333. The molecule has 0 spiro atoms. The lowest BCUT2D eigenvalue weighted by molar-refractivity contribution is 0.211. The molecule has 0 radical (unpaired) electrons. The van der Waals surface area contributed by atoms with Crippen LogP contribution in [0, 0.1) is 0 Å². The zero-order valence-electron chi connectivity index (χ0n) is 7.90. The number of benzene rings is 1. The number of methoxy groups -OCH3 is 1. The van der Waals surface area contributed by atoms with E-state index in [1.54, 1.807) is 31.4 Å². The van der Waals surface area contributed by atoms with E-state index in [4.69, 9.17) is 4.74 Å². The lowest BCUT2D eigenvalue weighted by Crippen LogP contribution is -2.07. The average molecular weight is 215 g/mol. The van der Waals surface area contributed by atoms with Crippen molar-refractivity contribution >= 4 is 16.4 Å². The van der Waals surface area contributed by atoms with Crippen LogP contribution in [0.5, 0.6) is 0 Å². The van der Waals surface area contributed by atoms with Crippen LogP contribution in [-0.2, 0) is 15.4 Å². The summed E-state index contributed by atoms with van der Waals surface area (Å²) in [5.41, 5.74) is 0.891. The Morgan fingerprint density at radius 1 is 1.29 bits per heavy atom. The molecule has 0 unspecified atom stereocenters. The van der Waals surface area contributed by atoms with Crippen LogP contribution in [-0.4, -0.2) is 28.7 Å². The summed E-state index contributed by atoms with van der Waals surface area (Å²) in [6.07, 6.45) is 0. The minimum absolute atomic E-state index is 0.331. The normalized spacial score (nSPS) is 10.4. The number of hydrogen-bond donors (Lipinski definition) is 2. The molecule has 0 saturated carbocycles. The maximum Gasteiger partial charge on any atom is 0.168 e. The lowest BCUT2D eigenvalue weighted by atomic mass is 10.3. The largest absolute Gasteiger partial charge is 0.383 e. The molecule has 0 amide bonds. The second kappa shape index (κ2) is 5.62. The highest BCUT2D eigenvalue weighted by molar-refractivity contribution is 7.72. The highest BCUT2D eigenvalue weighted by Crippen LogP contribution is 2.09. The summed E-state index contributed by atoms with van der Waals surface area (Å²) in [7, 11) is -0.845. The molecule has 0 bridgehead atoms. The van der Waals surface area contributed by atoms with Gasteiger partial charge in [0.25, 0.3) is 0 Å². The smallest absolute Gasteiger partial charge is 0.168 e. The third-order valence-corrected chi connectivity index (χ3v) is 2.43. The molecule has 0 heterocycles. The van der Waals surface area contributed by atoms with Crippen LogP contribution in [0.25, 0.3) is 0 Å². The number of ether oxygens (including phenoxy) is 1. The predicted molar refractivity (Wildman–Crippen MR) is 55.4 cm³/mol. The summed E-state index contributed by atoms with van der Waals surface area (Å²) in [5.74, 6) is 0. The van der Waals surface area contributed by atoms with Crippen molar-refractivity contribution in [2.45, 2.75) is 4.90 Å². The van der Waals surface area contributed by atoms with Gasteiger partial charge in [-0.25, -0.2) is 8.42 Å². The summed E-state index contributed by atoms with van der Waals surface area (Å²) >= 11 is 0. The fourth-order valence-electron chi connectivity index (χ4n) is 0.998. The van der Waals surface area contributed by atoms with Crippen molar-refractivity contribution in [3.8, 4) is 0 Å². The Hall–Kier alpha value is -1.07. The quantitative estimate of drug-likeness (QED) is 0.561. The van der Waals surface area contributed by atoms with Crippen molar-refractivity contribution in [1.29, 1.82) is 0 Å². The number of rotatable bonds is 5. The molecular formula is C9H13NO3S. The van der Waals surface area contributed by atoms with E-state index in [0.717, 1.165) is 5.69 Å². The van der Waals surface area contributed by atoms with E-state index in [1.165, 1.54) is 0 Å². The lowest BCUT2D eigenvalue weighted by Gasteiger charge is -2.04. The molecular weight excluding hydrogens is 202 g/mol. The van der Waals surface area contributed by atoms with Crippen molar-refractivity contribution in [3.63, 3.8) is 0 Å². The van der Waals surface area contributed by atoms with Crippen LogP contribution in [0.15, 0.2) is 29.2 Å². The minimum atomic E-state index is -2.48. The van der Waals surface area contributed by atoms with Gasteiger partial charge in [-0.05, 0) is 24.3 Å². The van der Waals surface area contributed by atoms with Gasteiger partial charge in [0.05, 0.1) is 11.5 Å². The first-order chi connectivity index (χ1) is 6.74. The van der Waals surface area contributed by atoms with E-state index < -0.39 is 10.7 Å². The van der Waals surface area contributed by atoms with Gasteiger partial charge in [0.1, 0.15) is 0 Å². The summed E-state index contributed by atoms with van der Waals surface area (Å²) in [5, 5.41) is 3.09. The molecule has 78 valence electrons. The van der Waals surface area contributed by atoms with Gasteiger partial charge in [0.2, 0.25) is 0 Å². The molecule has 0 fully saturated rings. The first-order valence-corrected chi connectivity index (χ1v) is 5.39. The molecule has 1 aromatic carbocycles. The average Bonchev–Trinajstić information content (AvgIpc) is 2.19. The molecule has 0 aromatic heterocycles. The summed E-state index contributed by atoms with van der Waals surface area (Å²) in [4.78, 5) is 0.331. The SMILES string of the molecule is COCCNc1ccc([SH](=O)=O)cc1. The molecule has 0 saturated heterocycles. The topological polar surface area (TPSA) is 55.4 Å². The van der Waals surface area contributed by atoms with E-state index >= 15 is 0 Å². The van der Waals surface area contributed by atoms with E-state index in [9.17, 15) is 8.42 Å². The minimum Gasteiger partial charge on any atom is -0.383 e. The molecule has 0 atom stereocenters. The van der Waals surface area contributed by atoms with Crippen LogP contribution in [0.1, 0.15) is 0 Å².